The van der Waals surface area contributed by atoms with E-state index in [9.17, 15) is 14.1 Å². The molecule has 1 aliphatic rings. The molecule has 0 aliphatic carbocycles. The van der Waals surface area contributed by atoms with Gasteiger partial charge in [-0.3, -0.25) is 14.5 Å². The van der Waals surface area contributed by atoms with Crippen LogP contribution in [-0.2, 0) is 15.1 Å². The molecule has 0 saturated carbocycles. The number of urea groups is 1. The minimum absolute atomic E-state index is 0.310. The monoisotopic (exact) mass is 522 g/mol. The molecule has 0 unspecified atom stereocenters. The van der Waals surface area contributed by atoms with Crippen molar-refractivity contribution in [3.05, 3.63) is 54.7 Å². The third-order valence-corrected chi connectivity index (χ3v) is 9.08. The van der Waals surface area contributed by atoms with Gasteiger partial charge in [-0.05, 0) is 65.0 Å². The molecule has 186 valence electrons. The first-order chi connectivity index (χ1) is 17.3. The maximum absolute atomic E-state index is 12.2. The fourth-order valence-corrected chi connectivity index (χ4v) is 6.73. The van der Waals surface area contributed by atoms with E-state index < -0.39 is 15.1 Å². The highest BCUT2D eigenvalue weighted by atomic mass is 32.2. The van der Waals surface area contributed by atoms with Crippen molar-refractivity contribution in [1.82, 2.24) is 25.3 Å². The minimum atomic E-state index is -2.13. The lowest BCUT2D eigenvalue weighted by Crippen LogP contribution is -2.38. The number of anilines is 1. The zero-order chi connectivity index (χ0) is 25.3. The van der Waals surface area contributed by atoms with Crippen LogP contribution in [0.2, 0.25) is 0 Å². The SMILES string of the molecule is C=S1(=O)CCC(O)(c2ncc(-c3cc(-c4ccccn4)c4sc(NC(=O)NCC)nc4c3)cn2)CC1. The molecule has 4 heterocycles. The number of rotatable bonds is 5. The summed E-state index contributed by atoms with van der Waals surface area (Å²) in [6, 6.07) is 9.32. The molecule has 1 saturated heterocycles. The van der Waals surface area contributed by atoms with Crippen LogP contribution in [0.5, 0.6) is 0 Å². The summed E-state index contributed by atoms with van der Waals surface area (Å²) in [6.45, 7) is 2.36. The van der Waals surface area contributed by atoms with Gasteiger partial charge in [-0.15, -0.1) is 0 Å². The summed E-state index contributed by atoms with van der Waals surface area (Å²) in [5.41, 5.74) is 2.76. The number of nitrogens with zero attached hydrogens (tertiary/aromatic N) is 4. The number of fused-ring (bicyclic) bond motifs is 1. The number of aromatic nitrogens is 4. The fraction of sp³-hybridized carbons (Fsp3) is 0.280. The Morgan fingerprint density at radius 2 is 1.92 bits per heavy atom. The highest BCUT2D eigenvalue weighted by molar-refractivity contribution is 8.00. The van der Waals surface area contributed by atoms with E-state index in [4.69, 9.17) is 0 Å². The molecular formula is C25H26N6O3S2. The highest BCUT2D eigenvalue weighted by Crippen LogP contribution is 2.38. The van der Waals surface area contributed by atoms with E-state index in [1.165, 1.54) is 11.3 Å². The first-order valence-corrected chi connectivity index (χ1v) is 14.4. The van der Waals surface area contributed by atoms with Gasteiger partial charge in [0.15, 0.2) is 11.0 Å². The lowest BCUT2D eigenvalue weighted by atomic mass is 9.95. The predicted molar refractivity (Wildman–Crippen MR) is 145 cm³/mol. The van der Waals surface area contributed by atoms with Gasteiger partial charge in [0.05, 0.1) is 15.9 Å². The summed E-state index contributed by atoms with van der Waals surface area (Å²) in [7, 11) is -2.13. The molecule has 11 heteroatoms. The Kier molecular flexibility index (Phi) is 6.45. The lowest BCUT2D eigenvalue weighted by molar-refractivity contribution is 0.0180. The van der Waals surface area contributed by atoms with Crippen LogP contribution in [-0.4, -0.2) is 59.2 Å². The number of hydrogen-bond donors (Lipinski definition) is 3. The van der Waals surface area contributed by atoms with Crippen LogP contribution in [0.4, 0.5) is 9.93 Å². The molecular weight excluding hydrogens is 496 g/mol. The van der Waals surface area contributed by atoms with Crippen molar-refractivity contribution >= 4 is 48.1 Å². The van der Waals surface area contributed by atoms with Gasteiger partial charge in [0, 0.05) is 47.8 Å². The van der Waals surface area contributed by atoms with Crippen LogP contribution in [0.1, 0.15) is 25.6 Å². The number of nitrogens with one attached hydrogen (secondary N) is 2. The molecule has 2 amide bonds. The van der Waals surface area contributed by atoms with Crippen LogP contribution < -0.4 is 10.6 Å². The second-order valence-corrected chi connectivity index (χ2v) is 12.5. The predicted octanol–water partition coefficient (Wildman–Crippen LogP) is 3.65. The molecule has 9 nitrogen and oxygen atoms in total. The Morgan fingerprint density at radius 3 is 2.58 bits per heavy atom. The first kappa shape index (κ1) is 24.3. The van der Waals surface area contributed by atoms with Crippen LogP contribution in [0.15, 0.2) is 48.9 Å². The van der Waals surface area contributed by atoms with Crippen molar-refractivity contribution in [3.8, 4) is 22.4 Å². The van der Waals surface area contributed by atoms with Crippen LogP contribution in [0, 0.1) is 0 Å². The van der Waals surface area contributed by atoms with Gasteiger partial charge in [-0.1, -0.05) is 17.4 Å². The molecule has 4 aromatic rings. The van der Waals surface area contributed by atoms with Crippen LogP contribution in [0.3, 0.4) is 0 Å². The lowest BCUT2D eigenvalue weighted by Gasteiger charge is -2.32. The number of pyridine rings is 1. The third kappa shape index (κ3) is 4.95. The van der Waals surface area contributed by atoms with Crippen molar-refractivity contribution in [2.75, 3.05) is 23.4 Å². The molecule has 0 atom stereocenters. The van der Waals surface area contributed by atoms with Crippen LogP contribution in [0.25, 0.3) is 32.6 Å². The standard InChI is InChI=1S/C25H26N6O3S2/c1-3-26-23(32)31-24-30-20-13-16(12-18(21(20)35-24)19-6-4-5-9-27-19)17-14-28-22(29-15-17)25(33)7-10-36(2,34)11-8-25/h4-6,9,12-15,33H,2-3,7-8,10-11H2,1H3,(H2,26,30,31,32). The van der Waals surface area contributed by atoms with E-state index >= 15 is 0 Å². The normalized spacial score (nSPS) is 21.8. The Morgan fingerprint density at radius 1 is 1.17 bits per heavy atom. The van der Waals surface area contributed by atoms with Crippen LogP contribution >= 0.6 is 11.3 Å². The summed E-state index contributed by atoms with van der Waals surface area (Å²) in [5.74, 6) is 4.81. The molecule has 36 heavy (non-hydrogen) atoms. The van der Waals surface area contributed by atoms with Gasteiger partial charge >= 0.3 is 6.03 Å². The number of thiazole rings is 1. The second-order valence-electron chi connectivity index (χ2n) is 8.79. The van der Waals surface area contributed by atoms with Crippen molar-refractivity contribution < 1.29 is 14.1 Å². The third-order valence-electron chi connectivity index (χ3n) is 6.17. The quantitative estimate of drug-likeness (QED) is 0.341. The Labute approximate surface area is 213 Å². The zero-order valence-electron chi connectivity index (χ0n) is 19.7. The van der Waals surface area contributed by atoms with Gasteiger partial charge in [0.25, 0.3) is 0 Å². The molecule has 1 fully saturated rings. The van der Waals surface area contributed by atoms with E-state index in [2.05, 4.69) is 36.4 Å². The minimum Gasteiger partial charge on any atom is -0.382 e. The van der Waals surface area contributed by atoms with Gasteiger partial charge in [0.1, 0.15) is 5.60 Å². The maximum atomic E-state index is 12.2. The number of carbonyl (C=O) groups is 1. The summed E-state index contributed by atoms with van der Waals surface area (Å²) < 4.78 is 13.1. The molecule has 3 N–H and O–H groups in total. The number of aliphatic hydroxyl groups is 1. The molecule has 1 aliphatic heterocycles. The summed E-state index contributed by atoms with van der Waals surface area (Å²) >= 11 is 1.38. The van der Waals surface area contributed by atoms with Gasteiger partial charge in [-0.2, -0.15) is 0 Å². The molecule has 1 aromatic carbocycles. The number of benzene rings is 1. The second kappa shape index (κ2) is 9.57. The van der Waals surface area contributed by atoms with Crippen molar-refractivity contribution in [3.63, 3.8) is 0 Å². The summed E-state index contributed by atoms with van der Waals surface area (Å²) in [6.07, 6.45) is 5.74. The highest BCUT2D eigenvalue weighted by Gasteiger charge is 2.37. The van der Waals surface area contributed by atoms with Gasteiger partial charge in [-0.25, -0.2) is 19.7 Å². The average molecular weight is 523 g/mol. The smallest absolute Gasteiger partial charge is 0.321 e. The zero-order valence-corrected chi connectivity index (χ0v) is 21.4. The van der Waals surface area contributed by atoms with Crippen molar-refractivity contribution in [2.45, 2.75) is 25.4 Å². The topological polar surface area (TPSA) is 130 Å². The molecule has 0 radical (unpaired) electrons. The molecule has 0 spiro atoms. The van der Waals surface area contributed by atoms with E-state index in [1.54, 1.807) is 18.6 Å². The van der Waals surface area contributed by atoms with Gasteiger partial charge in [0.2, 0.25) is 0 Å². The summed E-state index contributed by atoms with van der Waals surface area (Å²) in [4.78, 5) is 30.1. The largest absolute Gasteiger partial charge is 0.382 e. The van der Waals surface area contributed by atoms with E-state index in [-0.39, 0.29) is 6.03 Å². The fourth-order valence-electron chi connectivity index (χ4n) is 4.14. The average Bonchev–Trinajstić information content (AvgIpc) is 3.28. The van der Waals surface area contributed by atoms with Gasteiger partial charge < -0.3 is 10.4 Å². The van der Waals surface area contributed by atoms with E-state index in [0.717, 1.165) is 27.1 Å². The Bertz CT molecular complexity index is 1500. The van der Waals surface area contributed by atoms with E-state index in [0.29, 0.717) is 47.4 Å². The molecule has 3 aromatic heterocycles. The Hall–Kier alpha value is -3.41. The summed E-state index contributed by atoms with van der Waals surface area (Å²) in [5, 5.41) is 17.0. The first-order valence-electron chi connectivity index (χ1n) is 11.5. The number of hydrogen-bond acceptors (Lipinski definition) is 8. The number of carbonyl (C=O) groups excluding carboxylic acids is 1. The van der Waals surface area contributed by atoms with E-state index in [1.807, 2.05) is 37.3 Å². The van der Waals surface area contributed by atoms with Crippen molar-refractivity contribution in [2.24, 2.45) is 0 Å². The molecule has 0 bridgehead atoms. The maximum Gasteiger partial charge on any atom is 0.321 e. The number of amides is 2. The Balaban J connectivity index is 1.52. The molecule has 5 rings (SSSR count). The van der Waals surface area contributed by atoms with Crippen molar-refractivity contribution in [1.29, 1.82) is 0 Å².